The van der Waals surface area contributed by atoms with Crippen molar-refractivity contribution in [2.24, 2.45) is 5.92 Å². The van der Waals surface area contributed by atoms with Gasteiger partial charge in [0, 0.05) is 19.1 Å². The Kier molecular flexibility index (Phi) is 6.78. The molecule has 2 unspecified atom stereocenters. The Labute approximate surface area is 173 Å². The van der Waals surface area contributed by atoms with Gasteiger partial charge < -0.3 is 5.32 Å². The number of amides is 1. The van der Waals surface area contributed by atoms with Gasteiger partial charge in [0.25, 0.3) is 5.91 Å². The second kappa shape index (κ2) is 9.10. The molecule has 2 aromatic rings. The first kappa shape index (κ1) is 20.9. The van der Waals surface area contributed by atoms with Crippen molar-refractivity contribution in [1.29, 1.82) is 0 Å². The Morgan fingerprint density at radius 2 is 2.04 bits per heavy atom. The summed E-state index contributed by atoms with van der Waals surface area (Å²) in [7, 11) is 0. The molecule has 2 heterocycles. The molecule has 0 bridgehead atoms. The van der Waals surface area contributed by atoms with Crippen molar-refractivity contribution in [2.45, 2.75) is 53.1 Å². The molecule has 0 radical (unpaired) electrons. The molecule has 1 aromatic carbocycles. The highest BCUT2D eigenvalue weighted by atomic mass is 35.5. The lowest BCUT2D eigenvalue weighted by Crippen LogP contribution is -2.46. The second-order valence-corrected chi connectivity index (χ2v) is 8.55. The van der Waals surface area contributed by atoms with E-state index in [1.807, 2.05) is 6.92 Å². The van der Waals surface area contributed by atoms with Gasteiger partial charge in [0.2, 0.25) is 0 Å². The first-order valence-corrected chi connectivity index (χ1v) is 10.5. The molecule has 0 aliphatic carbocycles. The summed E-state index contributed by atoms with van der Waals surface area (Å²) < 4.78 is 1.70. The Hall–Kier alpha value is -1.85. The number of hydrogen-bond acceptors (Lipinski definition) is 3. The van der Waals surface area contributed by atoms with E-state index in [9.17, 15) is 4.79 Å². The minimum atomic E-state index is -0.144. The highest BCUT2D eigenvalue weighted by Crippen LogP contribution is 2.21. The minimum absolute atomic E-state index is 0.144. The van der Waals surface area contributed by atoms with Crippen LogP contribution in [0.15, 0.2) is 24.3 Å². The SMILES string of the molecule is Cc1ccc(Cn2nc(C)c(C(=O)NCC(C)N3CCCC(C)C3)c2Cl)cc1. The van der Waals surface area contributed by atoms with Crippen molar-refractivity contribution in [2.75, 3.05) is 19.6 Å². The number of carbonyl (C=O) groups excluding carboxylic acids is 1. The van der Waals surface area contributed by atoms with Gasteiger partial charge in [-0.1, -0.05) is 48.4 Å². The molecule has 0 spiro atoms. The Bertz CT molecular complexity index is 815. The van der Waals surface area contributed by atoms with Crippen LogP contribution in [0.5, 0.6) is 0 Å². The molecule has 5 nitrogen and oxygen atoms in total. The maximum Gasteiger partial charge on any atom is 0.256 e. The van der Waals surface area contributed by atoms with Gasteiger partial charge in [-0.3, -0.25) is 9.69 Å². The van der Waals surface area contributed by atoms with Crippen molar-refractivity contribution in [3.63, 3.8) is 0 Å². The number of aryl methyl sites for hydroxylation is 2. The van der Waals surface area contributed by atoms with Crippen LogP contribution in [0.3, 0.4) is 0 Å². The summed E-state index contributed by atoms with van der Waals surface area (Å²) in [5.74, 6) is 0.582. The summed E-state index contributed by atoms with van der Waals surface area (Å²) in [5.41, 5.74) is 3.46. The number of rotatable bonds is 6. The van der Waals surface area contributed by atoms with Crippen LogP contribution >= 0.6 is 11.6 Å². The maximum atomic E-state index is 12.8. The molecule has 1 aliphatic rings. The van der Waals surface area contributed by atoms with Gasteiger partial charge in [-0.05, 0) is 51.6 Å². The minimum Gasteiger partial charge on any atom is -0.350 e. The fraction of sp³-hybridized carbons (Fsp3) is 0.545. The number of nitrogens with one attached hydrogen (secondary N) is 1. The molecule has 152 valence electrons. The molecule has 1 saturated heterocycles. The average Bonchev–Trinajstić information content (AvgIpc) is 2.94. The van der Waals surface area contributed by atoms with E-state index >= 15 is 0 Å². The largest absolute Gasteiger partial charge is 0.350 e. The number of carbonyl (C=O) groups is 1. The van der Waals surface area contributed by atoms with E-state index < -0.39 is 0 Å². The van der Waals surface area contributed by atoms with Gasteiger partial charge in [0.05, 0.1) is 17.8 Å². The third-order valence-corrected chi connectivity index (χ3v) is 6.00. The normalized spacial score (nSPS) is 18.8. The van der Waals surface area contributed by atoms with Crippen LogP contribution in [-0.2, 0) is 6.54 Å². The zero-order chi connectivity index (χ0) is 20.3. The molecular formula is C22H31ClN4O. The van der Waals surface area contributed by atoms with Gasteiger partial charge in [-0.15, -0.1) is 0 Å². The average molecular weight is 403 g/mol. The number of nitrogens with zero attached hydrogens (tertiary/aromatic N) is 3. The molecule has 6 heteroatoms. The monoisotopic (exact) mass is 402 g/mol. The maximum absolute atomic E-state index is 12.8. The predicted octanol–water partition coefficient (Wildman–Crippen LogP) is 4.05. The molecule has 1 amide bonds. The van der Waals surface area contributed by atoms with Crippen LogP contribution in [0.2, 0.25) is 5.15 Å². The van der Waals surface area contributed by atoms with Crippen molar-refractivity contribution >= 4 is 17.5 Å². The van der Waals surface area contributed by atoms with Crippen LogP contribution in [0.1, 0.15) is 53.9 Å². The first-order valence-electron chi connectivity index (χ1n) is 10.2. The summed E-state index contributed by atoms with van der Waals surface area (Å²) in [6.07, 6.45) is 2.53. The summed E-state index contributed by atoms with van der Waals surface area (Å²) in [6, 6.07) is 8.56. The molecule has 3 rings (SSSR count). The van der Waals surface area contributed by atoms with E-state index in [1.165, 1.54) is 18.4 Å². The number of hydrogen-bond donors (Lipinski definition) is 1. The van der Waals surface area contributed by atoms with E-state index in [-0.39, 0.29) is 5.91 Å². The summed E-state index contributed by atoms with van der Waals surface area (Å²) >= 11 is 6.52. The third-order valence-electron chi connectivity index (χ3n) is 5.62. The Balaban J connectivity index is 1.63. The quantitative estimate of drug-likeness (QED) is 0.792. The standard InChI is InChI=1S/C22H31ClN4O/c1-15-7-9-19(10-8-15)14-27-21(23)20(18(4)25-27)22(28)24-12-17(3)26-11-5-6-16(2)13-26/h7-10,16-17H,5-6,11-14H2,1-4H3,(H,24,28). The number of likely N-dealkylation sites (tertiary alicyclic amines) is 1. The fourth-order valence-electron chi connectivity index (χ4n) is 3.87. The van der Waals surface area contributed by atoms with E-state index in [2.05, 4.69) is 60.4 Å². The van der Waals surface area contributed by atoms with Gasteiger partial charge in [0.1, 0.15) is 5.15 Å². The van der Waals surface area contributed by atoms with E-state index in [0.717, 1.165) is 24.6 Å². The van der Waals surface area contributed by atoms with Gasteiger partial charge in [0.15, 0.2) is 0 Å². The summed E-state index contributed by atoms with van der Waals surface area (Å²) in [4.78, 5) is 15.2. The Morgan fingerprint density at radius 3 is 2.71 bits per heavy atom. The molecule has 0 saturated carbocycles. The third kappa shape index (κ3) is 4.95. The van der Waals surface area contributed by atoms with Gasteiger partial charge in [-0.2, -0.15) is 5.10 Å². The summed E-state index contributed by atoms with van der Waals surface area (Å²) in [6.45, 7) is 11.7. The van der Waals surface area contributed by atoms with Crippen LogP contribution in [0, 0.1) is 19.8 Å². The number of piperidine rings is 1. The predicted molar refractivity (Wildman–Crippen MR) is 114 cm³/mol. The van der Waals surface area contributed by atoms with E-state index in [4.69, 9.17) is 11.6 Å². The molecule has 2 atom stereocenters. The number of aromatic nitrogens is 2. The van der Waals surface area contributed by atoms with Gasteiger partial charge in [-0.25, -0.2) is 4.68 Å². The van der Waals surface area contributed by atoms with Crippen molar-refractivity contribution < 1.29 is 4.79 Å². The smallest absolute Gasteiger partial charge is 0.256 e. The van der Waals surface area contributed by atoms with Crippen LogP contribution < -0.4 is 5.32 Å². The number of halogens is 1. The molecular weight excluding hydrogens is 372 g/mol. The molecule has 1 aliphatic heterocycles. The zero-order valence-corrected chi connectivity index (χ0v) is 18.1. The summed E-state index contributed by atoms with van der Waals surface area (Å²) in [5, 5.41) is 7.95. The van der Waals surface area contributed by atoms with E-state index in [0.29, 0.717) is 35.5 Å². The molecule has 28 heavy (non-hydrogen) atoms. The lowest BCUT2D eigenvalue weighted by Gasteiger charge is -2.35. The fourth-order valence-corrected chi connectivity index (χ4v) is 4.19. The number of benzene rings is 1. The van der Waals surface area contributed by atoms with Crippen molar-refractivity contribution in [3.8, 4) is 0 Å². The zero-order valence-electron chi connectivity index (χ0n) is 17.3. The molecule has 1 aromatic heterocycles. The molecule has 1 N–H and O–H groups in total. The van der Waals surface area contributed by atoms with Crippen LogP contribution in [0.25, 0.3) is 0 Å². The van der Waals surface area contributed by atoms with Gasteiger partial charge >= 0.3 is 0 Å². The van der Waals surface area contributed by atoms with Crippen LogP contribution in [0.4, 0.5) is 0 Å². The highest BCUT2D eigenvalue weighted by molar-refractivity contribution is 6.33. The first-order chi connectivity index (χ1) is 13.3. The topological polar surface area (TPSA) is 50.2 Å². The lowest BCUT2D eigenvalue weighted by molar-refractivity contribution is 0.0917. The van der Waals surface area contributed by atoms with Crippen LogP contribution in [-0.4, -0.2) is 46.3 Å². The lowest BCUT2D eigenvalue weighted by atomic mass is 9.99. The van der Waals surface area contributed by atoms with Crippen molar-refractivity contribution in [1.82, 2.24) is 20.0 Å². The molecule has 1 fully saturated rings. The highest BCUT2D eigenvalue weighted by Gasteiger charge is 2.24. The van der Waals surface area contributed by atoms with E-state index in [1.54, 1.807) is 4.68 Å². The Morgan fingerprint density at radius 1 is 1.32 bits per heavy atom. The van der Waals surface area contributed by atoms with Crippen molar-refractivity contribution in [3.05, 3.63) is 51.8 Å². The second-order valence-electron chi connectivity index (χ2n) is 8.20.